The van der Waals surface area contributed by atoms with E-state index in [9.17, 15) is 8.42 Å². The van der Waals surface area contributed by atoms with Gasteiger partial charge < -0.3 is 0 Å². The molecule has 7 nitrogen and oxygen atoms in total. The lowest BCUT2D eigenvalue weighted by atomic mass is 10.1. The molecule has 0 atom stereocenters. The van der Waals surface area contributed by atoms with Crippen molar-refractivity contribution in [3.8, 4) is 11.3 Å². The van der Waals surface area contributed by atoms with E-state index in [1.165, 1.54) is 4.31 Å². The predicted octanol–water partition coefficient (Wildman–Crippen LogP) is 2.74. The Bertz CT molecular complexity index is 1240. The smallest absolute Gasteiger partial charge is 0.245 e. The first-order valence-electron chi connectivity index (χ1n) is 8.94. The van der Waals surface area contributed by atoms with Crippen LogP contribution in [0.25, 0.3) is 22.2 Å². The molecule has 8 heteroatoms. The Labute approximate surface area is 162 Å². The van der Waals surface area contributed by atoms with Gasteiger partial charge in [0.1, 0.15) is 10.6 Å². The number of nitrogens with zero attached hydrogens (tertiary/aromatic N) is 5. The zero-order valence-electron chi connectivity index (χ0n) is 14.9. The lowest BCUT2D eigenvalue weighted by molar-refractivity contribution is 0.189. The third kappa shape index (κ3) is 2.78. The van der Waals surface area contributed by atoms with Crippen LogP contribution in [0.4, 0.5) is 0 Å². The summed E-state index contributed by atoms with van der Waals surface area (Å²) in [5.74, 6) is 0. The molecule has 0 unspecified atom stereocenters. The van der Waals surface area contributed by atoms with Gasteiger partial charge in [0.25, 0.3) is 0 Å². The van der Waals surface area contributed by atoms with Crippen LogP contribution in [0.3, 0.4) is 0 Å². The van der Waals surface area contributed by atoms with Crippen molar-refractivity contribution < 1.29 is 8.42 Å². The number of fused-ring (bicyclic) bond motifs is 1. The van der Waals surface area contributed by atoms with Crippen molar-refractivity contribution in [2.75, 3.05) is 13.1 Å². The maximum atomic E-state index is 13.1. The van der Waals surface area contributed by atoms with Crippen LogP contribution in [0.2, 0.25) is 0 Å². The van der Waals surface area contributed by atoms with Gasteiger partial charge in [0.15, 0.2) is 0 Å². The minimum absolute atomic E-state index is 0.0253. The second kappa shape index (κ2) is 6.50. The molecule has 0 N–H and O–H groups in total. The Morgan fingerprint density at radius 2 is 1.71 bits per heavy atom. The van der Waals surface area contributed by atoms with Gasteiger partial charge in [0.05, 0.1) is 17.8 Å². The molecule has 5 rings (SSSR count). The molecule has 1 saturated heterocycles. The molecule has 0 spiro atoms. The monoisotopic (exact) mass is 391 g/mol. The van der Waals surface area contributed by atoms with Crippen molar-refractivity contribution in [2.24, 2.45) is 0 Å². The maximum Gasteiger partial charge on any atom is 0.245 e. The summed E-state index contributed by atoms with van der Waals surface area (Å²) in [6.45, 7) is 0.728. The molecule has 1 aliphatic heterocycles. The second-order valence-electron chi connectivity index (χ2n) is 6.76. The third-order valence-corrected chi connectivity index (χ3v) is 6.86. The molecular weight excluding hydrogens is 374 g/mol. The number of sulfonamides is 1. The zero-order valence-corrected chi connectivity index (χ0v) is 15.7. The summed E-state index contributed by atoms with van der Waals surface area (Å²) in [7, 11) is -3.61. The molecule has 1 aliphatic rings. The fourth-order valence-corrected chi connectivity index (χ4v) is 5.08. The van der Waals surface area contributed by atoms with Crippen molar-refractivity contribution in [3.63, 3.8) is 0 Å². The summed E-state index contributed by atoms with van der Waals surface area (Å²) in [5, 5.41) is 9.21. The molecule has 0 radical (unpaired) electrons. The van der Waals surface area contributed by atoms with Gasteiger partial charge in [-0.2, -0.15) is 4.31 Å². The first-order valence-corrected chi connectivity index (χ1v) is 10.4. The Kier molecular flexibility index (Phi) is 3.96. The van der Waals surface area contributed by atoms with Gasteiger partial charge in [-0.15, -0.1) is 5.10 Å². The fraction of sp³-hybridized carbons (Fsp3) is 0.150. The normalized spacial score (nSPS) is 15.6. The summed E-state index contributed by atoms with van der Waals surface area (Å²) >= 11 is 0. The summed E-state index contributed by atoms with van der Waals surface area (Å²) in [4.78, 5) is 4.51. The van der Waals surface area contributed by atoms with E-state index in [0.29, 0.717) is 18.6 Å². The van der Waals surface area contributed by atoms with E-state index in [0.717, 1.165) is 16.6 Å². The van der Waals surface area contributed by atoms with Gasteiger partial charge in [0, 0.05) is 30.2 Å². The van der Waals surface area contributed by atoms with Crippen LogP contribution in [-0.2, 0) is 10.0 Å². The van der Waals surface area contributed by atoms with Crippen LogP contribution in [0.5, 0.6) is 0 Å². The Hall–Kier alpha value is -3.10. The average molecular weight is 391 g/mol. The number of hydrogen-bond acceptors (Lipinski definition) is 5. The van der Waals surface area contributed by atoms with Crippen LogP contribution in [-0.4, -0.2) is 45.8 Å². The van der Waals surface area contributed by atoms with Crippen LogP contribution in [0.15, 0.2) is 78.0 Å². The Morgan fingerprint density at radius 3 is 2.54 bits per heavy atom. The van der Waals surface area contributed by atoms with Crippen LogP contribution < -0.4 is 0 Å². The van der Waals surface area contributed by atoms with Gasteiger partial charge in [-0.1, -0.05) is 53.7 Å². The Morgan fingerprint density at radius 1 is 0.929 bits per heavy atom. The highest BCUT2D eigenvalue weighted by Gasteiger charge is 2.39. The molecule has 0 bridgehead atoms. The van der Waals surface area contributed by atoms with E-state index in [-0.39, 0.29) is 10.9 Å². The molecule has 3 heterocycles. The number of hydrogen-bond donors (Lipinski definition) is 0. The standard InChI is InChI=1S/C20H17N5O2S/c26-28(27,19-10-4-8-16-9-5-11-21-20(16)19)24-12-17(13-24)25-14-18(22-23-25)15-6-2-1-3-7-15/h1-11,14,17H,12-13H2. The van der Waals surface area contributed by atoms with Gasteiger partial charge >= 0.3 is 0 Å². The van der Waals surface area contributed by atoms with Crippen molar-refractivity contribution >= 4 is 20.9 Å². The molecule has 2 aromatic carbocycles. The summed E-state index contributed by atoms with van der Waals surface area (Å²) < 4.78 is 29.4. The summed E-state index contributed by atoms with van der Waals surface area (Å²) in [5.41, 5.74) is 2.26. The molecule has 28 heavy (non-hydrogen) atoms. The minimum Gasteiger partial charge on any atom is -0.255 e. The highest BCUT2D eigenvalue weighted by Crippen LogP contribution is 2.31. The van der Waals surface area contributed by atoms with E-state index in [1.54, 1.807) is 29.1 Å². The van der Waals surface area contributed by atoms with E-state index in [1.807, 2.05) is 48.7 Å². The van der Waals surface area contributed by atoms with Crippen LogP contribution >= 0.6 is 0 Å². The van der Waals surface area contributed by atoms with Crippen molar-refractivity contribution in [1.29, 1.82) is 0 Å². The zero-order chi connectivity index (χ0) is 19.1. The quantitative estimate of drug-likeness (QED) is 0.534. The third-order valence-electron chi connectivity index (χ3n) is 5.00. The number of rotatable bonds is 4. The first-order chi connectivity index (χ1) is 13.6. The highest BCUT2D eigenvalue weighted by atomic mass is 32.2. The van der Waals surface area contributed by atoms with Gasteiger partial charge in [-0.05, 0) is 12.1 Å². The number of pyridine rings is 1. The second-order valence-corrected chi connectivity index (χ2v) is 8.66. The lowest BCUT2D eigenvalue weighted by Gasteiger charge is -2.37. The van der Waals surface area contributed by atoms with E-state index in [4.69, 9.17) is 0 Å². The first kappa shape index (κ1) is 17.0. The molecule has 0 aliphatic carbocycles. The van der Waals surface area contributed by atoms with Crippen molar-refractivity contribution in [3.05, 3.63) is 73.1 Å². The topological polar surface area (TPSA) is 81.0 Å². The van der Waals surface area contributed by atoms with Gasteiger partial charge in [0.2, 0.25) is 10.0 Å². The van der Waals surface area contributed by atoms with Crippen LogP contribution in [0.1, 0.15) is 6.04 Å². The number of para-hydroxylation sites is 1. The number of aromatic nitrogens is 4. The molecule has 0 amide bonds. The molecule has 140 valence electrons. The summed E-state index contributed by atoms with van der Waals surface area (Å²) in [6.07, 6.45) is 3.48. The van der Waals surface area contributed by atoms with Crippen LogP contribution in [0, 0.1) is 0 Å². The summed E-state index contributed by atoms with van der Waals surface area (Å²) in [6, 6.07) is 18.6. The minimum atomic E-state index is -3.61. The SMILES string of the molecule is O=S(=O)(c1cccc2cccnc12)N1CC(n2cc(-c3ccccc3)nn2)C1. The average Bonchev–Trinajstić information content (AvgIpc) is 3.16. The Balaban J connectivity index is 1.37. The van der Waals surface area contributed by atoms with Crippen molar-refractivity contribution in [1.82, 2.24) is 24.3 Å². The lowest BCUT2D eigenvalue weighted by Crippen LogP contribution is -2.50. The van der Waals surface area contributed by atoms with Gasteiger partial charge in [-0.25, -0.2) is 13.1 Å². The molecule has 1 fully saturated rings. The maximum absolute atomic E-state index is 13.1. The number of benzene rings is 2. The highest BCUT2D eigenvalue weighted by molar-refractivity contribution is 7.89. The van der Waals surface area contributed by atoms with E-state index >= 15 is 0 Å². The predicted molar refractivity (Wildman–Crippen MR) is 105 cm³/mol. The fourth-order valence-electron chi connectivity index (χ4n) is 3.40. The van der Waals surface area contributed by atoms with E-state index < -0.39 is 10.0 Å². The van der Waals surface area contributed by atoms with Crippen molar-refractivity contribution in [2.45, 2.75) is 10.9 Å². The molecule has 0 saturated carbocycles. The molecular formula is C20H17N5O2S. The largest absolute Gasteiger partial charge is 0.255 e. The molecule has 4 aromatic rings. The van der Waals surface area contributed by atoms with E-state index in [2.05, 4.69) is 15.3 Å². The molecule has 2 aromatic heterocycles. The van der Waals surface area contributed by atoms with Gasteiger partial charge in [-0.3, -0.25) is 4.98 Å².